The summed E-state index contributed by atoms with van der Waals surface area (Å²) in [5.74, 6) is 0.731. The summed E-state index contributed by atoms with van der Waals surface area (Å²) >= 11 is 0. The molecule has 0 saturated heterocycles. The fourth-order valence-electron chi connectivity index (χ4n) is 2.40. The van der Waals surface area contributed by atoms with Gasteiger partial charge in [-0.25, -0.2) is 0 Å². The second-order valence-electron chi connectivity index (χ2n) is 4.17. The third-order valence-corrected chi connectivity index (χ3v) is 3.13. The van der Waals surface area contributed by atoms with E-state index >= 15 is 0 Å². The Balaban J connectivity index is 2.09. The molecular weight excluding hydrogens is 174 g/mol. The van der Waals surface area contributed by atoms with Gasteiger partial charge in [-0.3, -0.25) is 5.10 Å². The lowest BCUT2D eigenvalue weighted by atomic mass is 9.85. The normalized spacial score (nSPS) is 18.6. The average Bonchev–Trinajstić information content (AvgIpc) is 2.68. The van der Waals surface area contributed by atoms with Crippen molar-refractivity contribution in [1.82, 2.24) is 15.5 Å². The lowest BCUT2D eigenvalue weighted by Gasteiger charge is -2.21. The molecule has 3 heteroatoms. The van der Waals surface area contributed by atoms with Crippen molar-refractivity contribution in [3.8, 4) is 0 Å². The quantitative estimate of drug-likeness (QED) is 0.772. The number of nitrogens with one attached hydrogen (secondary N) is 2. The summed E-state index contributed by atoms with van der Waals surface area (Å²) in [6.45, 7) is 0.933. The van der Waals surface area contributed by atoms with E-state index in [0.717, 1.165) is 12.5 Å². The molecule has 1 aliphatic rings. The number of hydrogen-bond acceptors (Lipinski definition) is 2. The Bertz CT molecular complexity index is 274. The molecule has 0 atom stereocenters. The molecule has 1 fully saturated rings. The molecule has 0 bridgehead atoms. The molecule has 0 amide bonds. The topological polar surface area (TPSA) is 40.7 Å². The van der Waals surface area contributed by atoms with Crippen molar-refractivity contribution in [1.29, 1.82) is 0 Å². The van der Waals surface area contributed by atoms with Gasteiger partial charge in [0.2, 0.25) is 0 Å². The summed E-state index contributed by atoms with van der Waals surface area (Å²) in [7, 11) is 1.98. The maximum atomic E-state index is 4.15. The number of nitrogens with zero attached hydrogens (tertiary/aromatic N) is 1. The Morgan fingerprint density at radius 2 is 2.21 bits per heavy atom. The SMILES string of the molecule is CNCc1cn[nH]c1C1CCCCC1. The summed E-state index contributed by atoms with van der Waals surface area (Å²) < 4.78 is 0. The van der Waals surface area contributed by atoms with Gasteiger partial charge in [-0.05, 0) is 19.9 Å². The monoisotopic (exact) mass is 193 g/mol. The first-order valence-corrected chi connectivity index (χ1v) is 5.58. The highest BCUT2D eigenvalue weighted by Crippen LogP contribution is 2.32. The number of rotatable bonds is 3. The molecule has 0 unspecified atom stereocenters. The van der Waals surface area contributed by atoms with Gasteiger partial charge >= 0.3 is 0 Å². The van der Waals surface area contributed by atoms with E-state index in [2.05, 4.69) is 15.5 Å². The van der Waals surface area contributed by atoms with Gasteiger partial charge in [0.15, 0.2) is 0 Å². The van der Waals surface area contributed by atoms with Crippen LogP contribution in [0.3, 0.4) is 0 Å². The van der Waals surface area contributed by atoms with Gasteiger partial charge in [0.1, 0.15) is 0 Å². The van der Waals surface area contributed by atoms with Gasteiger partial charge in [0.25, 0.3) is 0 Å². The van der Waals surface area contributed by atoms with Crippen molar-refractivity contribution in [3.05, 3.63) is 17.5 Å². The molecule has 1 aliphatic carbocycles. The van der Waals surface area contributed by atoms with E-state index in [-0.39, 0.29) is 0 Å². The van der Waals surface area contributed by atoms with Gasteiger partial charge in [-0.15, -0.1) is 0 Å². The van der Waals surface area contributed by atoms with E-state index in [1.807, 2.05) is 13.2 Å². The summed E-state index contributed by atoms with van der Waals surface area (Å²) in [4.78, 5) is 0. The van der Waals surface area contributed by atoms with Crippen LogP contribution in [0.5, 0.6) is 0 Å². The smallest absolute Gasteiger partial charge is 0.0535 e. The van der Waals surface area contributed by atoms with E-state index in [1.165, 1.54) is 43.4 Å². The second-order valence-corrected chi connectivity index (χ2v) is 4.17. The van der Waals surface area contributed by atoms with E-state index in [0.29, 0.717) is 0 Å². The number of aromatic amines is 1. The zero-order valence-corrected chi connectivity index (χ0v) is 8.84. The van der Waals surface area contributed by atoms with Crippen LogP contribution >= 0.6 is 0 Å². The molecule has 14 heavy (non-hydrogen) atoms. The first kappa shape index (κ1) is 9.71. The van der Waals surface area contributed by atoms with Crippen LogP contribution in [0, 0.1) is 0 Å². The third kappa shape index (κ3) is 1.98. The number of H-pyrrole nitrogens is 1. The van der Waals surface area contributed by atoms with Crippen LogP contribution in [0.1, 0.15) is 49.3 Å². The van der Waals surface area contributed by atoms with Gasteiger partial charge in [-0.1, -0.05) is 19.3 Å². The molecule has 0 aliphatic heterocycles. The summed E-state index contributed by atoms with van der Waals surface area (Å²) in [5, 5.41) is 10.5. The standard InChI is InChI=1S/C11H19N3/c1-12-7-10-8-13-14-11(10)9-5-3-2-4-6-9/h8-9,12H,2-7H2,1H3,(H,13,14). The molecular formula is C11H19N3. The van der Waals surface area contributed by atoms with Crippen molar-refractivity contribution in [2.75, 3.05) is 7.05 Å². The van der Waals surface area contributed by atoms with Crippen LogP contribution < -0.4 is 5.32 Å². The minimum absolute atomic E-state index is 0.731. The predicted molar refractivity (Wildman–Crippen MR) is 57.2 cm³/mol. The maximum absolute atomic E-state index is 4.15. The fraction of sp³-hybridized carbons (Fsp3) is 0.727. The maximum Gasteiger partial charge on any atom is 0.0535 e. The van der Waals surface area contributed by atoms with Crippen molar-refractivity contribution < 1.29 is 0 Å². The summed E-state index contributed by atoms with van der Waals surface area (Å²) in [5.41, 5.74) is 2.72. The Hall–Kier alpha value is -0.830. The molecule has 1 aromatic heterocycles. The van der Waals surface area contributed by atoms with Crippen LogP contribution in [0.4, 0.5) is 0 Å². The molecule has 2 N–H and O–H groups in total. The second kappa shape index (κ2) is 4.60. The molecule has 2 rings (SSSR count). The highest BCUT2D eigenvalue weighted by molar-refractivity contribution is 5.20. The Kier molecular flexibility index (Phi) is 3.19. The first-order chi connectivity index (χ1) is 6.92. The zero-order valence-electron chi connectivity index (χ0n) is 8.84. The average molecular weight is 193 g/mol. The van der Waals surface area contributed by atoms with E-state index in [4.69, 9.17) is 0 Å². The number of hydrogen-bond donors (Lipinski definition) is 2. The predicted octanol–water partition coefficient (Wildman–Crippen LogP) is 2.18. The Morgan fingerprint density at radius 3 is 2.93 bits per heavy atom. The van der Waals surface area contributed by atoms with Gasteiger partial charge in [0, 0.05) is 23.7 Å². The molecule has 1 aromatic rings. The Labute approximate surface area is 85.3 Å². The van der Waals surface area contributed by atoms with Crippen LogP contribution in [0.2, 0.25) is 0 Å². The lowest BCUT2D eigenvalue weighted by Crippen LogP contribution is -2.11. The van der Waals surface area contributed by atoms with Crippen molar-refractivity contribution >= 4 is 0 Å². The van der Waals surface area contributed by atoms with Crippen LogP contribution in [-0.2, 0) is 6.54 Å². The Morgan fingerprint density at radius 1 is 1.43 bits per heavy atom. The molecule has 0 aromatic carbocycles. The third-order valence-electron chi connectivity index (χ3n) is 3.13. The van der Waals surface area contributed by atoms with E-state index in [9.17, 15) is 0 Å². The van der Waals surface area contributed by atoms with Gasteiger partial charge in [0.05, 0.1) is 6.20 Å². The summed E-state index contributed by atoms with van der Waals surface area (Å²) in [6, 6.07) is 0. The van der Waals surface area contributed by atoms with E-state index < -0.39 is 0 Å². The van der Waals surface area contributed by atoms with E-state index in [1.54, 1.807) is 0 Å². The highest BCUT2D eigenvalue weighted by Gasteiger charge is 2.19. The van der Waals surface area contributed by atoms with Crippen LogP contribution in [0.15, 0.2) is 6.20 Å². The summed E-state index contributed by atoms with van der Waals surface area (Å²) in [6.07, 6.45) is 8.79. The highest BCUT2D eigenvalue weighted by atomic mass is 15.1. The molecule has 1 heterocycles. The molecule has 3 nitrogen and oxygen atoms in total. The van der Waals surface area contributed by atoms with Crippen molar-refractivity contribution in [2.45, 2.75) is 44.6 Å². The van der Waals surface area contributed by atoms with Gasteiger partial charge < -0.3 is 5.32 Å². The zero-order chi connectivity index (χ0) is 9.80. The lowest BCUT2D eigenvalue weighted by molar-refractivity contribution is 0.434. The van der Waals surface area contributed by atoms with Crippen LogP contribution in [-0.4, -0.2) is 17.2 Å². The molecule has 78 valence electrons. The minimum Gasteiger partial charge on any atom is -0.316 e. The number of aromatic nitrogens is 2. The minimum atomic E-state index is 0.731. The largest absolute Gasteiger partial charge is 0.316 e. The van der Waals surface area contributed by atoms with Crippen molar-refractivity contribution in [3.63, 3.8) is 0 Å². The molecule has 0 radical (unpaired) electrons. The fourth-order valence-corrected chi connectivity index (χ4v) is 2.40. The molecule has 0 spiro atoms. The van der Waals surface area contributed by atoms with Crippen molar-refractivity contribution in [2.24, 2.45) is 0 Å². The molecule has 1 saturated carbocycles. The van der Waals surface area contributed by atoms with Crippen LogP contribution in [0.25, 0.3) is 0 Å². The van der Waals surface area contributed by atoms with Gasteiger partial charge in [-0.2, -0.15) is 5.10 Å². The first-order valence-electron chi connectivity index (χ1n) is 5.58.